The second-order valence-corrected chi connectivity index (χ2v) is 5.87. The van der Waals surface area contributed by atoms with Crippen molar-refractivity contribution >= 4 is 5.91 Å². The molecule has 0 spiro atoms. The molecule has 0 aromatic carbocycles. The normalized spacial score (nSPS) is 17.9. The van der Waals surface area contributed by atoms with E-state index in [9.17, 15) is 4.79 Å². The van der Waals surface area contributed by atoms with Gasteiger partial charge in [0, 0.05) is 12.7 Å². The third kappa shape index (κ3) is 4.32. The van der Waals surface area contributed by atoms with Crippen LogP contribution in [0.5, 0.6) is 0 Å². The lowest BCUT2D eigenvalue weighted by molar-refractivity contribution is 0.0945. The Morgan fingerprint density at radius 2 is 2.35 bits per heavy atom. The summed E-state index contributed by atoms with van der Waals surface area (Å²) < 4.78 is 1.75. The summed E-state index contributed by atoms with van der Waals surface area (Å²) in [5, 5.41) is 14.2. The van der Waals surface area contributed by atoms with Gasteiger partial charge in [-0.15, -0.1) is 5.10 Å². The summed E-state index contributed by atoms with van der Waals surface area (Å²) in [7, 11) is 0. The molecule has 2 aromatic heterocycles. The predicted molar refractivity (Wildman–Crippen MR) is 83.6 cm³/mol. The van der Waals surface area contributed by atoms with Crippen molar-refractivity contribution < 1.29 is 4.79 Å². The van der Waals surface area contributed by atoms with Gasteiger partial charge in [0.15, 0.2) is 5.69 Å². The van der Waals surface area contributed by atoms with Gasteiger partial charge in [0.25, 0.3) is 5.91 Å². The van der Waals surface area contributed by atoms with Crippen LogP contribution in [0.25, 0.3) is 0 Å². The smallest absolute Gasteiger partial charge is 0.273 e. The first-order valence-electron chi connectivity index (χ1n) is 7.87. The van der Waals surface area contributed by atoms with Gasteiger partial charge in [-0.05, 0) is 38.8 Å². The van der Waals surface area contributed by atoms with Crippen LogP contribution in [-0.2, 0) is 13.1 Å². The van der Waals surface area contributed by atoms with E-state index in [0.717, 1.165) is 25.3 Å². The number of amides is 1. The molecule has 1 aliphatic rings. The van der Waals surface area contributed by atoms with Crippen LogP contribution in [0.1, 0.15) is 34.7 Å². The lowest BCUT2D eigenvalue weighted by Gasteiger charge is -2.22. The van der Waals surface area contributed by atoms with Crippen molar-refractivity contribution in [2.24, 2.45) is 5.92 Å². The van der Waals surface area contributed by atoms with E-state index in [0.29, 0.717) is 23.9 Å². The molecule has 0 aliphatic carbocycles. The summed E-state index contributed by atoms with van der Waals surface area (Å²) in [4.78, 5) is 20.5. The molecule has 0 bridgehead atoms. The standard InChI is InChI=1S/C15H21N7O/c1-11-5-18-13(7-17-11)8-19-15(23)14-10-22(21-20-14)9-12-3-2-4-16-6-12/h5,7,10,12,16H,2-4,6,8-9H2,1H3,(H,19,23)/t12-/m0/s1. The first kappa shape index (κ1) is 15.5. The van der Waals surface area contributed by atoms with Crippen LogP contribution in [0.3, 0.4) is 0 Å². The largest absolute Gasteiger partial charge is 0.345 e. The summed E-state index contributed by atoms with van der Waals surface area (Å²) in [5.74, 6) is 0.296. The molecule has 23 heavy (non-hydrogen) atoms. The summed E-state index contributed by atoms with van der Waals surface area (Å²) in [5.41, 5.74) is 1.89. The fourth-order valence-corrected chi connectivity index (χ4v) is 2.61. The SMILES string of the molecule is Cc1cnc(CNC(=O)c2cn(C[C@H]3CCCNC3)nn2)cn1. The Labute approximate surface area is 134 Å². The van der Waals surface area contributed by atoms with E-state index >= 15 is 0 Å². The minimum Gasteiger partial charge on any atom is -0.345 e. The van der Waals surface area contributed by atoms with E-state index in [2.05, 4.69) is 30.9 Å². The third-order valence-electron chi connectivity index (χ3n) is 3.88. The molecule has 0 radical (unpaired) electrons. The first-order valence-corrected chi connectivity index (χ1v) is 7.87. The monoisotopic (exact) mass is 315 g/mol. The Morgan fingerprint density at radius 1 is 1.43 bits per heavy atom. The molecule has 8 nitrogen and oxygen atoms in total. The number of aromatic nitrogens is 5. The fraction of sp³-hybridized carbons (Fsp3) is 0.533. The Balaban J connectivity index is 1.52. The van der Waals surface area contributed by atoms with E-state index in [-0.39, 0.29) is 5.91 Å². The number of nitrogens with one attached hydrogen (secondary N) is 2. The van der Waals surface area contributed by atoms with E-state index in [4.69, 9.17) is 0 Å². The quantitative estimate of drug-likeness (QED) is 0.824. The van der Waals surface area contributed by atoms with Gasteiger partial charge in [-0.25, -0.2) is 0 Å². The van der Waals surface area contributed by atoms with Gasteiger partial charge in [0.1, 0.15) is 0 Å². The lowest BCUT2D eigenvalue weighted by atomic mass is 10.00. The van der Waals surface area contributed by atoms with Crippen LogP contribution in [-0.4, -0.2) is 44.0 Å². The van der Waals surface area contributed by atoms with Gasteiger partial charge in [-0.2, -0.15) is 0 Å². The summed E-state index contributed by atoms with van der Waals surface area (Å²) in [6.07, 6.45) is 7.40. The molecule has 2 aromatic rings. The highest BCUT2D eigenvalue weighted by Crippen LogP contribution is 2.12. The lowest BCUT2D eigenvalue weighted by Crippen LogP contribution is -2.32. The zero-order valence-electron chi connectivity index (χ0n) is 13.2. The number of hydrogen-bond donors (Lipinski definition) is 2. The van der Waals surface area contributed by atoms with E-state index in [1.54, 1.807) is 23.3 Å². The van der Waals surface area contributed by atoms with Crippen molar-refractivity contribution in [1.29, 1.82) is 0 Å². The Bertz CT molecular complexity index is 646. The number of nitrogens with zero attached hydrogens (tertiary/aromatic N) is 5. The van der Waals surface area contributed by atoms with Crippen LogP contribution in [0.15, 0.2) is 18.6 Å². The van der Waals surface area contributed by atoms with Gasteiger partial charge in [0.05, 0.1) is 30.3 Å². The number of carbonyl (C=O) groups excluding carboxylic acids is 1. The highest BCUT2D eigenvalue weighted by Gasteiger charge is 2.16. The van der Waals surface area contributed by atoms with E-state index in [1.165, 1.54) is 12.8 Å². The van der Waals surface area contributed by atoms with Crippen molar-refractivity contribution in [3.63, 3.8) is 0 Å². The summed E-state index contributed by atoms with van der Waals surface area (Å²) in [6.45, 7) is 5.06. The molecule has 0 unspecified atom stereocenters. The van der Waals surface area contributed by atoms with Gasteiger partial charge < -0.3 is 10.6 Å². The Kier molecular flexibility index (Phi) is 4.92. The zero-order valence-corrected chi connectivity index (χ0v) is 13.2. The molecular formula is C15H21N7O. The van der Waals surface area contributed by atoms with Crippen molar-refractivity contribution in [2.75, 3.05) is 13.1 Å². The fourth-order valence-electron chi connectivity index (χ4n) is 2.61. The molecule has 1 aliphatic heterocycles. The van der Waals surface area contributed by atoms with Gasteiger partial charge >= 0.3 is 0 Å². The Morgan fingerprint density at radius 3 is 3.09 bits per heavy atom. The number of rotatable bonds is 5. The molecular weight excluding hydrogens is 294 g/mol. The van der Waals surface area contributed by atoms with Gasteiger partial charge in [-0.1, -0.05) is 5.21 Å². The molecule has 2 N–H and O–H groups in total. The molecule has 1 amide bonds. The second-order valence-electron chi connectivity index (χ2n) is 5.87. The van der Waals surface area contributed by atoms with Crippen LogP contribution in [0, 0.1) is 12.8 Å². The van der Waals surface area contributed by atoms with Crippen LogP contribution in [0.4, 0.5) is 0 Å². The van der Waals surface area contributed by atoms with Crippen LogP contribution in [0.2, 0.25) is 0 Å². The molecule has 1 fully saturated rings. The van der Waals surface area contributed by atoms with E-state index < -0.39 is 0 Å². The van der Waals surface area contributed by atoms with Gasteiger partial charge in [-0.3, -0.25) is 19.4 Å². The zero-order chi connectivity index (χ0) is 16.1. The van der Waals surface area contributed by atoms with Crippen LogP contribution >= 0.6 is 0 Å². The third-order valence-corrected chi connectivity index (χ3v) is 3.88. The average molecular weight is 315 g/mol. The number of aryl methyl sites for hydroxylation is 1. The predicted octanol–water partition coefficient (Wildman–Crippen LogP) is 0.306. The number of hydrogen-bond acceptors (Lipinski definition) is 6. The summed E-state index contributed by atoms with van der Waals surface area (Å²) in [6, 6.07) is 0. The Hall–Kier alpha value is -2.35. The molecule has 8 heteroatoms. The minimum atomic E-state index is -0.250. The van der Waals surface area contributed by atoms with Crippen molar-refractivity contribution in [2.45, 2.75) is 32.9 Å². The van der Waals surface area contributed by atoms with E-state index in [1.807, 2.05) is 6.92 Å². The topological polar surface area (TPSA) is 97.6 Å². The van der Waals surface area contributed by atoms with Crippen molar-refractivity contribution in [3.05, 3.63) is 35.7 Å². The molecule has 0 saturated carbocycles. The van der Waals surface area contributed by atoms with Crippen molar-refractivity contribution in [1.82, 2.24) is 35.6 Å². The molecule has 1 saturated heterocycles. The second kappa shape index (κ2) is 7.28. The maximum absolute atomic E-state index is 12.1. The van der Waals surface area contributed by atoms with Crippen LogP contribution < -0.4 is 10.6 Å². The molecule has 1 atom stereocenters. The average Bonchev–Trinajstić information content (AvgIpc) is 3.03. The highest BCUT2D eigenvalue weighted by atomic mass is 16.2. The van der Waals surface area contributed by atoms with Crippen molar-refractivity contribution in [3.8, 4) is 0 Å². The summed E-state index contributed by atoms with van der Waals surface area (Å²) >= 11 is 0. The first-order chi connectivity index (χ1) is 11.2. The minimum absolute atomic E-state index is 0.250. The molecule has 122 valence electrons. The maximum atomic E-state index is 12.1. The molecule has 3 rings (SSSR count). The highest BCUT2D eigenvalue weighted by molar-refractivity contribution is 5.91. The maximum Gasteiger partial charge on any atom is 0.273 e. The number of piperidine rings is 1. The molecule has 3 heterocycles. The van der Waals surface area contributed by atoms with Gasteiger partial charge in [0.2, 0.25) is 0 Å². The number of carbonyl (C=O) groups is 1.